The van der Waals surface area contributed by atoms with Gasteiger partial charge in [0, 0.05) is 16.7 Å². The van der Waals surface area contributed by atoms with E-state index in [2.05, 4.69) is 15.9 Å². The van der Waals surface area contributed by atoms with Gasteiger partial charge >= 0.3 is 0 Å². The van der Waals surface area contributed by atoms with Crippen LogP contribution in [0.1, 0.15) is 5.56 Å². The van der Waals surface area contributed by atoms with Crippen LogP contribution in [0.5, 0.6) is 5.75 Å². The van der Waals surface area contributed by atoms with Crippen LogP contribution < -0.4 is 4.74 Å². The number of ether oxygens (including phenoxy) is 1. The summed E-state index contributed by atoms with van der Waals surface area (Å²) in [6.07, 6.45) is 0. The van der Waals surface area contributed by atoms with Gasteiger partial charge in [-0.2, -0.15) is 0 Å². The fourth-order valence-corrected chi connectivity index (χ4v) is 3.47. The normalized spacial score (nSPS) is 10.3. The molecule has 0 amide bonds. The smallest absolute Gasteiger partial charge is 0.283 e. The van der Waals surface area contributed by atoms with Gasteiger partial charge in [-0.1, -0.05) is 24.3 Å². The lowest BCUT2D eigenvalue weighted by Gasteiger charge is -2.08. The first kappa shape index (κ1) is 14.9. The summed E-state index contributed by atoms with van der Waals surface area (Å²) in [4.78, 5) is 11.5. The van der Waals surface area contributed by atoms with Gasteiger partial charge in [-0.25, -0.2) is 0 Å². The molecule has 0 bridgehead atoms. The maximum atomic E-state index is 10.9. The van der Waals surface area contributed by atoms with E-state index in [0.717, 1.165) is 16.2 Å². The van der Waals surface area contributed by atoms with Crippen molar-refractivity contribution in [3.63, 3.8) is 0 Å². The third kappa shape index (κ3) is 3.32. The summed E-state index contributed by atoms with van der Waals surface area (Å²) in [6, 6.07) is 12.8. The molecule has 0 radical (unpaired) electrons. The third-order valence-electron chi connectivity index (χ3n) is 2.71. The molecule has 2 aromatic rings. The van der Waals surface area contributed by atoms with Crippen molar-refractivity contribution >= 4 is 33.4 Å². The number of para-hydroxylation sites is 1. The predicted octanol–water partition coefficient (Wildman–Crippen LogP) is 4.66. The predicted molar refractivity (Wildman–Crippen MR) is 83.4 cm³/mol. The van der Waals surface area contributed by atoms with Gasteiger partial charge < -0.3 is 4.74 Å². The summed E-state index contributed by atoms with van der Waals surface area (Å²) >= 11 is 4.89. The number of nitro groups is 1. The van der Waals surface area contributed by atoms with Crippen molar-refractivity contribution in [3.05, 3.63) is 62.6 Å². The van der Waals surface area contributed by atoms with Crippen LogP contribution in [0.4, 0.5) is 5.69 Å². The van der Waals surface area contributed by atoms with E-state index in [0.29, 0.717) is 10.2 Å². The zero-order valence-corrected chi connectivity index (χ0v) is 13.1. The molecule has 0 N–H and O–H groups in total. The first-order valence-electron chi connectivity index (χ1n) is 5.81. The number of hydrogen-bond donors (Lipinski definition) is 0. The van der Waals surface area contributed by atoms with Crippen LogP contribution in [-0.4, -0.2) is 12.0 Å². The van der Waals surface area contributed by atoms with Crippen LogP contribution in [0.25, 0.3) is 0 Å². The molecule has 0 aliphatic heterocycles. The lowest BCUT2D eigenvalue weighted by molar-refractivity contribution is -0.385. The average Bonchev–Trinajstić information content (AvgIpc) is 2.46. The molecule has 0 saturated heterocycles. The Bertz CT molecular complexity index is 634. The van der Waals surface area contributed by atoms with Crippen molar-refractivity contribution in [1.82, 2.24) is 0 Å². The molecule has 2 rings (SSSR count). The second-order valence-electron chi connectivity index (χ2n) is 3.95. The second-order valence-corrected chi connectivity index (χ2v) is 5.76. The Balaban J connectivity index is 2.19. The van der Waals surface area contributed by atoms with Gasteiger partial charge in [-0.05, 0) is 33.6 Å². The first-order chi connectivity index (χ1) is 9.63. The van der Waals surface area contributed by atoms with E-state index in [1.807, 2.05) is 30.3 Å². The molecule has 0 heterocycles. The van der Waals surface area contributed by atoms with E-state index in [9.17, 15) is 10.1 Å². The minimum Gasteiger partial charge on any atom is -0.496 e. The summed E-state index contributed by atoms with van der Waals surface area (Å²) in [5.41, 5.74) is 0.971. The van der Waals surface area contributed by atoms with Gasteiger partial charge in [0.15, 0.2) is 0 Å². The van der Waals surface area contributed by atoms with Crippen LogP contribution in [-0.2, 0) is 5.75 Å². The Hall–Kier alpha value is -1.53. The maximum Gasteiger partial charge on any atom is 0.283 e. The van der Waals surface area contributed by atoms with Crippen molar-refractivity contribution in [1.29, 1.82) is 0 Å². The van der Waals surface area contributed by atoms with Gasteiger partial charge in [0.05, 0.1) is 16.5 Å². The average molecular weight is 354 g/mol. The summed E-state index contributed by atoms with van der Waals surface area (Å²) in [6.45, 7) is 0. The summed E-state index contributed by atoms with van der Waals surface area (Å²) in [7, 11) is 1.63. The minimum absolute atomic E-state index is 0.0862. The SMILES string of the molecule is COc1ccccc1SCc1cccc([N+](=O)[O-])c1Br. The first-order valence-corrected chi connectivity index (χ1v) is 7.59. The van der Waals surface area contributed by atoms with E-state index in [1.54, 1.807) is 24.9 Å². The standard InChI is InChI=1S/C14H12BrNO3S/c1-19-12-7-2-3-8-13(12)20-9-10-5-4-6-11(14(10)15)16(17)18/h2-8H,9H2,1H3. The minimum atomic E-state index is -0.388. The fraction of sp³-hybridized carbons (Fsp3) is 0.143. The van der Waals surface area contributed by atoms with E-state index in [-0.39, 0.29) is 10.6 Å². The molecule has 0 saturated carbocycles. The lowest BCUT2D eigenvalue weighted by atomic mass is 10.2. The Labute approximate surface area is 129 Å². The number of halogens is 1. The maximum absolute atomic E-state index is 10.9. The van der Waals surface area contributed by atoms with Crippen LogP contribution in [0, 0.1) is 10.1 Å². The number of benzene rings is 2. The molecule has 0 aliphatic carbocycles. The van der Waals surface area contributed by atoms with Crippen molar-refractivity contribution in [2.24, 2.45) is 0 Å². The van der Waals surface area contributed by atoms with Crippen LogP contribution in [0.15, 0.2) is 51.8 Å². The fourth-order valence-electron chi connectivity index (χ4n) is 1.71. The highest BCUT2D eigenvalue weighted by molar-refractivity contribution is 9.10. The molecule has 0 spiro atoms. The van der Waals surface area contributed by atoms with E-state index in [1.165, 1.54) is 6.07 Å². The van der Waals surface area contributed by atoms with Crippen LogP contribution in [0.3, 0.4) is 0 Å². The van der Waals surface area contributed by atoms with Crippen LogP contribution in [0.2, 0.25) is 0 Å². The monoisotopic (exact) mass is 353 g/mol. The molecule has 0 unspecified atom stereocenters. The number of methoxy groups -OCH3 is 1. The number of nitro benzene ring substituents is 1. The number of hydrogen-bond acceptors (Lipinski definition) is 4. The van der Waals surface area contributed by atoms with E-state index < -0.39 is 0 Å². The quantitative estimate of drug-likeness (QED) is 0.445. The van der Waals surface area contributed by atoms with Gasteiger partial charge in [-0.15, -0.1) is 11.8 Å². The molecule has 0 aliphatic rings. The van der Waals surface area contributed by atoms with Crippen molar-refractivity contribution < 1.29 is 9.66 Å². The number of nitrogens with zero attached hydrogens (tertiary/aromatic N) is 1. The van der Waals surface area contributed by atoms with Crippen molar-refractivity contribution in [2.45, 2.75) is 10.6 Å². The van der Waals surface area contributed by atoms with Crippen molar-refractivity contribution in [3.8, 4) is 5.75 Å². The van der Waals surface area contributed by atoms with Gasteiger partial charge in [0.25, 0.3) is 5.69 Å². The molecule has 20 heavy (non-hydrogen) atoms. The van der Waals surface area contributed by atoms with Gasteiger partial charge in [0.1, 0.15) is 5.75 Å². The van der Waals surface area contributed by atoms with Gasteiger partial charge in [-0.3, -0.25) is 10.1 Å². The zero-order chi connectivity index (χ0) is 14.5. The highest BCUT2D eigenvalue weighted by atomic mass is 79.9. The number of rotatable bonds is 5. The summed E-state index contributed by atoms with van der Waals surface area (Å²) < 4.78 is 5.82. The molecule has 0 atom stereocenters. The molecule has 2 aromatic carbocycles. The zero-order valence-electron chi connectivity index (χ0n) is 10.7. The Morgan fingerprint density at radius 1 is 1.25 bits per heavy atom. The molecule has 104 valence electrons. The topological polar surface area (TPSA) is 52.4 Å². The number of thioether (sulfide) groups is 1. The third-order valence-corrected chi connectivity index (χ3v) is 4.73. The van der Waals surface area contributed by atoms with E-state index >= 15 is 0 Å². The molecular formula is C14H12BrNO3S. The Kier molecular flexibility index (Phi) is 5.03. The highest BCUT2D eigenvalue weighted by Gasteiger charge is 2.15. The highest BCUT2D eigenvalue weighted by Crippen LogP contribution is 2.35. The molecule has 0 aromatic heterocycles. The van der Waals surface area contributed by atoms with Gasteiger partial charge in [0.2, 0.25) is 0 Å². The molecule has 4 nitrogen and oxygen atoms in total. The molecule has 6 heteroatoms. The van der Waals surface area contributed by atoms with Crippen molar-refractivity contribution in [2.75, 3.05) is 7.11 Å². The Morgan fingerprint density at radius 3 is 2.70 bits per heavy atom. The van der Waals surface area contributed by atoms with Crippen LogP contribution >= 0.6 is 27.7 Å². The largest absolute Gasteiger partial charge is 0.496 e. The summed E-state index contributed by atoms with van der Waals surface area (Å²) in [5, 5.41) is 10.9. The summed E-state index contributed by atoms with van der Waals surface area (Å²) in [5.74, 6) is 1.43. The Morgan fingerprint density at radius 2 is 2.00 bits per heavy atom. The second kappa shape index (κ2) is 6.76. The van der Waals surface area contributed by atoms with E-state index in [4.69, 9.17) is 4.74 Å². The lowest BCUT2D eigenvalue weighted by Crippen LogP contribution is -1.93. The molecule has 0 fully saturated rings. The molecular weight excluding hydrogens is 342 g/mol.